The summed E-state index contributed by atoms with van der Waals surface area (Å²) < 4.78 is 11.1. The molecule has 1 fully saturated rings. The molecule has 1 rings (SSSR count). The van der Waals surface area contributed by atoms with Crippen LogP contribution >= 0.6 is 0 Å². The Balaban J connectivity index is 2.03. The van der Waals surface area contributed by atoms with Gasteiger partial charge in [-0.25, -0.2) is 0 Å². The number of amides is 1. The summed E-state index contributed by atoms with van der Waals surface area (Å²) in [6, 6.07) is 0. The summed E-state index contributed by atoms with van der Waals surface area (Å²) in [4.78, 5) is 11.8. The molecule has 1 amide bonds. The lowest BCUT2D eigenvalue weighted by atomic mass is 9.92. The molecular formula is C21H41NO6. The number of carbonyl (C=O) groups excluding carboxylic acids is 1. The lowest BCUT2D eigenvalue weighted by Crippen LogP contribution is -2.55. The number of nitrogens with one attached hydrogen (secondary N) is 1. The maximum atomic E-state index is 11.8. The molecule has 0 radical (unpaired) electrons. The molecule has 4 N–H and O–H groups in total. The topological polar surface area (TPSA) is 108 Å². The van der Waals surface area contributed by atoms with Gasteiger partial charge in [-0.15, -0.1) is 0 Å². The first-order chi connectivity index (χ1) is 13.4. The van der Waals surface area contributed by atoms with Crippen LogP contribution in [-0.2, 0) is 14.3 Å². The van der Waals surface area contributed by atoms with Gasteiger partial charge in [0.15, 0.2) is 6.29 Å². The highest BCUT2D eigenvalue weighted by Crippen LogP contribution is 2.26. The molecule has 28 heavy (non-hydrogen) atoms. The number of carbonyl (C=O) groups is 1. The fourth-order valence-corrected chi connectivity index (χ4v) is 3.35. The van der Waals surface area contributed by atoms with Gasteiger partial charge < -0.3 is 30.1 Å². The van der Waals surface area contributed by atoms with E-state index in [9.17, 15) is 20.1 Å². The number of hydrogen-bond acceptors (Lipinski definition) is 6. The zero-order valence-corrected chi connectivity index (χ0v) is 17.8. The highest BCUT2D eigenvalue weighted by Gasteiger charge is 2.42. The minimum Gasteiger partial charge on any atom is -0.394 e. The molecule has 1 heterocycles. The summed E-state index contributed by atoms with van der Waals surface area (Å²) in [6.07, 6.45) is 4.25. The predicted octanol–water partition coefficient (Wildman–Crippen LogP) is 1.97. The van der Waals surface area contributed by atoms with Crippen LogP contribution in [0.5, 0.6) is 0 Å². The van der Waals surface area contributed by atoms with Crippen molar-refractivity contribution in [3.8, 4) is 0 Å². The molecule has 0 saturated carbocycles. The average Bonchev–Trinajstić information content (AvgIpc) is 2.66. The molecule has 0 spiro atoms. The Hall–Kier alpha value is -0.730. The van der Waals surface area contributed by atoms with Crippen LogP contribution in [0, 0.1) is 11.8 Å². The smallest absolute Gasteiger partial charge is 0.219 e. The highest BCUT2D eigenvalue weighted by atomic mass is 16.7. The van der Waals surface area contributed by atoms with E-state index in [1.165, 1.54) is 19.3 Å². The van der Waals surface area contributed by atoms with Crippen molar-refractivity contribution in [2.75, 3.05) is 19.8 Å². The van der Waals surface area contributed by atoms with Crippen LogP contribution in [0.25, 0.3) is 0 Å². The summed E-state index contributed by atoms with van der Waals surface area (Å²) in [5.74, 6) is 0.453. The van der Waals surface area contributed by atoms with Crippen LogP contribution in [-0.4, -0.2) is 65.6 Å². The molecule has 0 aromatic rings. The van der Waals surface area contributed by atoms with E-state index < -0.39 is 24.6 Å². The number of unbranched alkanes of at least 4 members (excludes halogenated alkanes) is 4. The van der Waals surface area contributed by atoms with Gasteiger partial charge in [-0.05, 0) is 25.2 Å². The Bertz CT molecular complexity index is 418. The number of aliphatic hydroxyl groups excluding tert-OH is 3. The lowest BCUT2D eigenvalue weighted by molar-refractivity contribution is -0.282. The maximum Gasteiger partial charge on any atom is 0.219 e. The largest absolute Gasteiger partial charge is 0.394 e. The van der Waals surface area contributed by atoms with Gasteiger partial charge in [0.25, 0.3) is 0 Å². The van der Waals surface area contributed by atoms with Gasteiger partial charge in [0.1, 0.15) is 12.2 Å². The van der Waals surface area contributed by atoms with Crippen LogP contribution in [0.4, 0.5) is 0 Å². The predicted molar refractivity (Wildman–Crippen MR) is 108 cm³/mol. The van der Waals surface area contributed by atoms with E-state index >= 15 is 0 Å². The van der Waals surface area contributed by atoms with Crippen molar-refractivity contribution in [1.29, 1.82) is 0 Å². The summed E-state index contributed by atoms with van der Waals surface area (Å²) in [5, 5.41) is 32.0. The zero-order chi connectivity index (χ0) is 20.9. The average molecular weight is 404 g/mol. The molecule has 5 atom stereocenters. The molecule has 7 nitrogen and oxygen atoms in total. The van der Waals surface area contributed by atoms with E-state index in [4.69, 9.17) is 9.47 Å². The van der Waals surface area contributed by atoms with E-state index in [0.29, 0.717) is 19.4 Å². The summed E-state index contributed by atoms with van der Waals surface area (Å²) in [5.41, 5.74) is 0. The molecule has 1 saturated heterocycles. The number of ether oxygens (including phenoxy) is 2. The highest BCUT2D eigenvalue weighted by molar-refractivity contribution is 5.75. The van der Waals surface area contributed by atoms with E-state index in [0.717, 1.165) is 31.7 Å². The molecule has 1 aliphatic rings. The van der Waals surface area contributed by atoms with Crippen molar-refractivity contribution < 1.29 is 29.6 Å². The Morgan fingerprint density at radius 3 is 2.46 bits per heavy atom. The maximum absolute atomic E-state index is 11.8. The SMILES string of the molecule is CC(C)CCCCCCNC(=O)CCCCO[C@H]1O[C@@H](CO)[C@@H](O)[C@@H](O)[C@@H]1C. The van der Waals surface area contributed by atoms with Crippen LogP contribution in [0.15, 0.2) is 0 Å². The minimum atomic E-state index is -1.11. The Labute approximate surface area is 169 Å². The van der Waals surface area contributed by atoms with Gasteiger partial charge in [0.2, 0.25) is 5.91 Å². The molecule has 0 aromatic heterocycles. The van der Waals surface area contributed by atoms with E-state index in [1.807, 2.05) is 0 Å². The quantitative estimate of drug-likeness (QED) is 0.330. The van der Waals surface area contributed by atoms with Gasteiger partial charge in [-0.2, -0.15) is 0 Å². The number of rotatable bonds is 14. The molecule has 1 aliphatic heterocycles. The molecule has 0 bridgehead atoms. The van der Waals surface area contributed by atoms with E-state index in [2.05, 4.69) is 19.2 Å². The van der Waals surface area contributed by atoms with Gasteiger partial charge >= 0.3 is 0 Å². The second kappa shape index (κ2) is 14.3. The number of aliphatic hydroxyl groups is 3. The van der Waals surface area contributed by atoms with Crippen LogP contribution in [0.2, 0.25) is 0 Å². The Morgan fingerprint density at radius 1 is 1.07 bits per heavy atom. The first-order valence-corrected chi connectivity index (χ1v) is 10.9. The van der Waals surface area contributed by atoms with Gasteiger partial charge in [-0.3, -0.25) is 4.79 Å². The van der Waals surface area contributed by atoms with E-state index in [-0.39, 0.29) is 18.4 Å². The fourth-order valence-electron chi connectivity index (χ4n) is 3.35. The summed E-state index contributed by atoms with van der Waals surface area (Å²) in [7, 11) is 0. The summed E-state index contributed by atoms with van der Waals surface area (Å²) in [6.45, 7) is 7.00. The van der Waals surface area contributed by atoms with Crippen LogP contribution in [0.1, 0.15) is 72.1 Å². The van der Waals surface area contributed by atoms with Crippen molar-refractivity contribution in [3.05, 3.63) is 0 Å². The third-order valence-corrected chi connectivity index (χ3v) is 5.30. The van der Waals surface area contributed by atoms with Crippen molar-refractivity contribution >= 4 is 5.91 Å². The summed E-state index contributed by atoms with van der Waals surface area (Å²) >= 11 is 0. The Kier molecular flexibility index (Phi) is 12.9. The van der Waals surface area contributed by atoms with Crippen LogP contribution < -0.4 is 5.32 Å². The van der Waals surface area contributed by atoms with Gasteiger partial charge in [0, 0.05) is 25.5 Å². The number of hydrogen-bond donors (Lipinski definition) is 4. The van der Waals surface area contributed by atoms with E-state index in [1.54, 1.807) is 6.92 Å². The normalized spacial score (nSPS) is 27.9. The van der Waals surface area contributed by atoms with Crippen molar-refractivity contribution in [2.24, 2.45) is 11.8 Å². The van der Waals surface area contributed by atoms with Crippen molar-refractivity contribution in [3.63, 3.8) is 0 Å². The molecule has 166 valence electrons. The first-order valence-electron chi connectivity index (χ1n) is 10.9. The standard InChI is InChI=1S/C21H41NO6/c1-15(2)10-6-4-5-8-12-22-18(24)11-7-9-13-27-21-16(3)19(25)20(26)17(14-23)28-21/h15-17,19-21,23,25-26H,4-14H2,1-3H3,(H,22,24)/t16-,17-,19-,20+,21-/m0/s1. The van der Waals surface area contributed by atoms with Crippen LogP contribution in [0.3, 0.4) is 0 Å². The van der Waals surface area contributed by atoms with Gasteiger partial charge in [-0.1, -0.05) is 46.5 Å². The first kappa shape index (κ1) is 25.3. The lowest BCUT2D eigenvalue weighted by Gasteiger charge is -2.40. The monoisotopic (exact) mass is 403 g/mol. The third-order valence-electron chi connectivity index (χ3n) is 5.30. The molecule has 0 aromatic carbocycles. The zero-order valence-electron chi connectivity index (χ0n) is 17.8. The third kappa shape index (κ3) is 9.65. The fraction of sp³-hybridized carbons (Fsp3) is 0.952. The Morgan fingerprint density at radius 2 is 1.79 bits per heavy atom. The molecule has 7 heteroatoms. The molecular weight excluding hydrogens is 362 g/mol. The molecule has 0 aliphatic carbocycles. The molecule has 0 unspecified atom stereocenters. The minimum absolute atomic E-state index is 0.0725. The second-order valence-electron chi connectivity index (χ2n) is 8.34. The van der Waals surface area contributed by atoms with Crippen molar-refractivity contribution in [1.82, 2.24) is 5.32 Å². The second-order valence-corrected chi connectivity index (χ2v) is 8.34. The van der Waals surface area contributed by atoms with Crippen molar-refractivity contribution in [2.45, 2.75) is 96.7 Å². The van der Waals surface area contributed by atoms with Gasteiger partial charge in [0.05, 0.1) is 12.7 Å².